The van der Waals surface area contributed by atoms with Crippen molar-refractivity contribution in [2.24, 2.45) is 0 Å². The largest absolute Gasteiger partial charge is 0.286 e. The van der Waals surface area contributed by atoms with Crippen molar-refractivity contribution in [1.82, 2.24) is 15.3 Å². The summed E-state index contributed by atoms with van der Waals surface area (Å²) in [6.07, 6.45) is 2.91. The Morgan fingerprint density at radius 2 is 1.96 bits per heavy atom. The first-order valence-electron chi connectivity index (χ1n) is 8.39. The summed E-state index contributed by atoms with van der Waals surface area (Å²) >= 11 is 1.01. The molecule has 0 aliphatic carbocycles. The number of amides is 2. The summed E-state index contributed by atoms with van der Waals surface area (Å²) in [4.78, 5) is 32.1. The zero-order chi connectivity index (χ0) is 18.1. The molecular formula is C20H17N3O2S. The number of aromatic nitrogens is 2. The number of rotatable bonds is 4. The maximum Gasteiger partial charge on any atom is 0.286 e. The Bertz CT molecular complexity index is 1020. The van der Waals surface area contributed by atoms with Crippen molar-refractivity contribution in [3.63, 3.8) is 0 Å². The molecule has 2 heterocycles. The summed E-state index contributed by atoms with van der Waals surface area (Å²) in [6, 6.07) is 14.4. The van der Waals surface area contributed by atoms with Gasteiger partial charge >= 0.3 is 0 Å². The van der Waals surface area contributed by atoms with Crippen LogP contribution in [0.1, 0.15) is 22.4 Å². The topological polar surface area (TPSA) is 72.0 Å². The molecule has 130 valence electrons. The van der Waals surface area contributed by atoms with Gasteiger partial charge in [0.2, 0.25) is 5.91 Å². The Morgan fingerprint density at radius 1 is 1.12 bits per heavy atom. The smallest absolute Gasteiger partial charge is 0.286 e. The van der Waals surface area contributed by atoms with Crippen LogP contribution >= 0.6 is 11.8 Å². The second-order valence-electron chi connectivity index (χ2n) is 6.37. The van der Waals surface area contributed by atoms with E-state index in [1.54, 1.807) is 6.20 Å². The molecule has 1 saturated heterocycles. The first-order chi connectivity index (χ1) is 12.6. The van der Waals surface area contributed by atoms with Crippen LogP contribution in [-0.2, 0) is 17.6 Å². The number of fused-ring (bicyclic) bond motifs is 1. The number of benzene rings is 2. The molecule has 0 saturated carbocycles. The van der Waals surface area contributed by atoms with Gasteiger partial charge in [-0.3, -0.25) is 19.9 Å². The molecule has 1 N–H and O–H groups in total. The maximum atomic E-state index is 11.7. The van der Waals surface area contributed by atoms with Crippen LogP contribution in [0.15, 0.2) is 48.7 Å². The average Bonchev–Trinajstić information content (AvgIpc) is 2.94. The Kier molecular flexibility index (Phi) is 4.42. The highest BCUT2D eigenvalue weighted by Crippen LogP contribution is 2.23. The molecular weight excluding hydrogens is 346 g/mol. The van der Waals surface area contributed by atoms with Gasteiger partial charge < -0.3 is 0 Å². The molecule has 1 atom stereocenters. The Morgan fingerprint density at radius 3 is 2.73 bits per heavy atom. The van der Waals surface area contributed by atoms with Crippen molar-refractivity contribution in [3.8, 4) is 0 Å². The number of nitrogens with one attached hydrogen (secondary N) is 1. The Balaban J connectivity index is 1.59. The van der Waals surface area contributed by atoms with Gasteiger partial charge in [0.1, 0.15) is 0 Å². The molecule has 1 aliphatic rings. The number of imide groups is 1. The summed E-state index contributed by atoms with van der Waals surface area (Å²) < 4.78 is 0. The fourth-order valence-corrected chi connectivity index (χ4v) is 3.89. The predicted octanol–water partition coefficient (Wildman–Crippen LogP) is 3.42. The van der Waals surface area contributed by atoms with Crippen molar-refractivity contribution in [1.29, 1.82) is 0 Å². The van der Waals surface area contributed by atoms with Crippen molar-refractivity contribution in [2.75, 3.05) is 0 Å². The third-order valence-electron chi connectivity index (χ3n) is 4.47. The molecule has 1 aromatic heterocycles. The summed E-state index contributed by atoms with van der Waals surface area (Å²) in [6.45, 7) is 2.11. The molecule has 2 aromatic carbocycles. The van der Waals surface area contributed by atoms with E-state index in [1.807, 2.05) is 24.3 Å². The molecule has 0 spiro atoms. The van der Waals surface area contributed by atoms with E-state index in [0.29, 0.717) is 12.1 Å². The van der Waals surface area contributed by atoms with Gasteiger partial charge in [0, 0.05) is 12.6 Å². The van der Waals surface area contributed by atoms with Crippen LogP contribution in [0, 0.1) is 6.92 Å². The number of aryl methyl sites for hydroxylation is 1. The van der Waals surface area contributed by atoms with E-state index in [1.165, 1.54) is 16.7 Å². The number of nitrogens with zero attached hydrogens (tertiary/aromatic N) is 2. The summed E-state index contributed by atoms with van der Waals surface area (Å²) in [5.74, 6) is -0.254. The van der Waals surface area contributed by atoms with Crippen molar-refractivity contribution in [3.05, 3.63) is 71.0 Å². The van der Waals surface area contributed by atoms with E-state index in [-0.39, 0.29) is 11.1 Å². The number of hydrogen-bond donors (Lipinski definition) is 1. The van der Waals surface area contributed by atoms with E-state index in [0.717, 1.165) is 29.2 Å². The lowest BCUT2D eigenvalue weighted by Crippen LogP contribution is -2.25. The highest BCUT2D eigenvalue weighted by molar-refractivity contribution is 8.15. The average molecular weight is 363 g/mol. The molecule has 2 amide bonds. The zero-order valence-corrected chi connectivity index (χ0v) is 15.0. The minimum atomic E-state index is -0.426. The lowest BCUT2D eigenvalue weighted by molar-refractivity contribution is -0.118. The summed E-state index contributed by atoms with van der Waals surface area (Å²) in [5, 5.41) is 1.58. The van der Waals surface area contributed by atoms with Gasteiger partial charge in [-0.2, -0.15) is 0 Å². The first kappa shape index (κ1) is 16.7. The molecule has 4 rings (SSSR count). The molecule has 3 aromatic rings. The van der Waals surface area contributed by atoms with Gasteiger partial charge in [-0.15, -0.1) is 0 Å². The lowest BCUT2D eigenvalue weighted by atomic mass is 10.0. The molecule has 0 bridgehead atoms. The molecule has 6 heteroatoms. The molecule has 1 unspecified atom stereocenters. The fourth-order valence-electron chi connectivity index (χ4n) is 3.05. The van der Waals surface area contributed by atoms with Crippen molar-refractivity contribution < 1.29 is 9.59 Å². The molecule has 1 aliphatic heterocycles. The van der Waals surface area contributed by atoms with Crippen LogP contribution in [0.5, 0.6) is 0 Å². The molecule has 5 nitrogen and oxygen atoms in total. The van der Waals surface area contributed by atoms with Crippen LogP contribution in [0.3, 0.4) is 0 Å². The molecule has 1 fully saturated rings. The standard InChI is InChI=1S/C20H17N3O2S/c1-12-4-2-3-5-14(12)8-13-6-7-16-17(9-13)22-15(11-21-16)10-18-19(24)23-20(25)26-18/h2-7,9,11,18H,8,10H2,1H3,(H,23,24,25). The monoisotopic (exact) mass is 363 g/mol. The van der Waals surface area contributed by atoms with Gasteiger partial charge in [0.15, 0.2) is 0 Å². The van der Waals surface area contributed by atoms with Gasteiger partial charge in [-0.25, -0.2) is 4.98 Å². The van der Waals surface area contributed by atoms with E-state index in [4.69, 9.17) is 0 Å². The predicted molar refractivity (Wildman–Crippen MR) is 102 cm³/mol. The van der Waals surface area contributed by atoms with E-state index < -0.39 is 5.25 Å². The summed E-state index contributed by atoms with van der Waals surface area (Å²) in [5.41, 5.74) is 6.06. The highest BCUT2D eigenvalue weighted by atomic mass is 32.2. The van der Waals surface area contributed by atoms with Gasteiger partial charge in [-0.1, -0.05) is 42.1 Å². The maximum absolute atomic E-state index is 11.7. The van der Waals surface area contributed by atoms with Crippen molar-refractivity contribution in [2.45, 2.75) is 25.0 Å². The van der Waals surface area contributed by atoms with Crippen LogP contribution in [-0.4, -0.2) is 26.4 Å². The van der Waals surface area contributed by atoms with E-state index in [9.17, 15) is 9.59 Å². The van der Waals surface area contributed by atoms with Crippen LogP contribution < -0.4 is 5.32 Å². The quantitative estimate of drug-likeness (QED) is 0.769. The van der Waals surface area contributed by atoms with Crippen LogP contribution in [0.4, 0.5) is 4.79 Å². The number of carbonyl (C=O) groups is 2. The SMILES string of the molecule is Cc1ccccc1Cc1ccc2ncc(CC3SC(=O)NC3=O)nc2c1. The fraction of sp³-hybridized carbons (Fsp3) is 0.200. The van der Waals surface area contributed by atoms with Gasteiger partial charge in [0.05, 0.1) is 22.0 Å². The van der Waals surface area contributed by atoms with E-state index in [2.05, 4.69) is 40.4 Å². The summed E-state index contributed by atoms with van der Waals surface area (Å²) in [7, 11) is 0. The number of thioether (sulfide) groups is 1. The number of hydrogen-bond acceptors (Lipinski definition) is 5. The lowest BCUT2D eigenvalue weighted by Gasteiger charge is -2.08. The second kappa shape index (κ2) is 6.88. The Hall–Kier alpha value is -2.73. The highest BCUT2D eigenvalue weighted by Gasteiger charge is 2.31. The van der Waals surface area contributed by atoms with Gasteiger partial charge in [0.25, 0.3) is 5.24 Å². The van der Waals surface area contributed by atoms with Crippen LogP contribution in [0.2, 0.25) is 0 Å². The normalized spacial score (nSPS) is 16.9. The minimum Gasteiger partial charge on any atom is -0.286 e. The molecule has 26 heavy (non-hydrogen) atoms. The first-order valence-corrected chi connectivity index (χ1v) is 9.27. The van der Waals surface area contributed by atoms with E-state index >= 15 is 0 Å². The molecule has 0 radical (unpaired) electrons. The second-order valence-corrected chi connectivity index (χ2v) is 7.55. The van der Waals surface area contributed by atoms with Crippen molar-refractivity contribution >= 4 is 33.9 Å². The minimum absolute atomic E-state index is 0.254. The zero-order valence-electron chi connectivity index (χ0n) is 14.2. The van der Waals surface area contributed by atoms with Crippen LogP contribution in [0.25, 0.3) is 11.0 Å². The third-order valence-corrected chi connectivity index (χ3v) is 5.46. The Labute approximate surface area is 155 Å². The number of carbonyl (C=O) groups excluding carboxylic acids is 2. The van der Waals surface area contributed by atoms with Gasteiger partial charge in [-0.05, 0) is 42.2 Å². The third kappa shape index (κ3) is 3.46.